The third-order valence-corrected chi connectivity index (χ3v) is 3.63. The molecule has 1 unspecified atom stereocenters. The van der Waals surface area contributed by atoms with Gasteiger partial charge in [-0.15, -0.1) is 0 Å². The van der Waals surface area contributed by atoms with Gasteiger partial charge in [-0.05, 0) is 45.3 Å². The number of aromatic nitrogens is 2. The number of nitrogens with one attached hydrogen (secondary N) is 1. The third kappa shape index (κ3) is 2.60. The molecule has 1 aliphatic heterocycles. The number of aryl methyl sites for hydroxylation is 1. The van der Waals surface area contributed by atoms with E-state index in [1.165, 1.54) is 6.42 Å². The molecule has 94 valence electrons. The van der Waals surface area contributed by atoms with Crippen LogP contribution in [0.1, 0.15) is 37.9 Å². The number of carbonyl (C=O) groups is 1. The van der Waals surface area contributed by atoms with E-state index in [1.807, 2.05) is 29.5 Å². The van der Waals surface area contributed by atoms with Crippen molar-refractivity contribution in [3.63, 3.8) is 0 Å². The molecule has 0 aliphatic carbocycles. The summed E-state index contributed by atoms with van der Waals surface area (Å²) >= 11 is 5.21. The Hall–Kier alpha value is -1.10. The van der Waals surface area contributed by atoms with E-state index in [-0.39, 0.29) is 11.9 Å². The van der Waals surface area contributed by atoms with Crippen LogP contribution >= 0.6 is 12.2 Å². The molecule has 1 saturated heterocycles. The average Bonchev–Trinajstić information content (AvgIpc) is 2.68. The highest BCUT2D eigenvalue weighted by Crippen LogP contribution is 2.16. The molecule has 0 aromatic carbocycles. The topological polar surface area (TPSA) is 41.0 Å². The highest BCUT2D eigenvalue weighted by atomic mass is 32.1. The van der Waals surface area contributed by atoms with Crippen molar-refractivity contribution in [2.45, 2.75) is 39.2 Å². The van der Waals surface area contributed by atoms with Gasteiger partial charge < -0.3 is 14.5 Å². The highest BCUT2D eigenvalue weighted by Gasteiger charge is 2.23. The number of rotatable bonds is 2. The van der Waals surface area contributed by atoms with Gasteiger partial charge >= 0.3 is 0 Å². The number of hydrogen-bond acceptors (Lipinski definition) is 2. The molecule has 0 saturated carbocycles. The Kier molecular flexibility index (Phi) is 3.66. The predicted molar refractivity (Wildman–Crippen MR) is 69.5 cm³/mol. The summed E-state index contributed by atoms with van der Waals surface area (Å²) in [7, 11) is 0. The van der Waals surface area contributed by atoms with Crippen molar-refractivity contribution in [3.05, 3.63) is 16.7 Å². The second kappa shape index (κ2) is 5.04. The van der Waals surface area contributed by atoms with E-state index in [1.54, 1.807) is 0 Å². The molecule has 2 rings (SSSR count). The lowest BCUT2D eigenvalue weighted by Gasteiger charge is -2.29. The second-order valence-corrected chi connectivity index (χ2v) is 5.10. The van der Waals surface area contributed by atoms with Crippen LogP contribution in [0.3, 0.4) is 0 Å². The van der Waals surface area contributed by atoms with Gasteiger partial charge in [0.15, 0.2) is 4.77 Å². The van der Waals surface area contributed by atoms with Crippen LogP contribution in [0.5, 0.6) is 0 Å². The van der Waals surface area contributed by atoms with Crippen molar-refractivity contribution >= 4 is 18.1 Å². The fourth-order valence-electron chi connectivity index (χ4n) is 2.32. The molecule has 17 heavy (non-hydrogen) atoms. The predicted octanol–water partition coefficient (Wildman–Crippen LogP) is 2.43. The first-order valence-corrected chi connectivity index (χ1v) is 6.57. The monoisotopic (exact) mass is 253 g/mol. The minimum atomic E-state index is -0.203. The van der Waals surface area contributed by atoms with E-state index < -0.39 is 0 Å². The summed E-state index contributed by atoms with van der Waals surface area (Å²) in [6.45, 7) is 5.64. The molecule has 1 N–H and O–H groups in total. The zero-order valence-electron chi connectivity index (χ0n) is 10.4. The van der Waals surface area contributed by atoms with Crippen LogP contribution < -0.4 is 0 Å². The van der Waals surface area contributed by atoms with E-state index in [2.05, 4.69) is 4.98 Å². The van der Waals surface area contributed by atoms with E-state index in [0.717, 1.165) is 31.6 Å². The number of aromatic amines is 1. The van der Waals surface area contributed by atoms with Crippen molar-refractivity contribution in [2.24, 2.45) is 0 Å². The van der Waals surface area contributed by atoms with Crippen molar-refractivity contribution in [1.29, 1.82) is 0 Å². The van der Waals surface area contributed by atoms with Gasteiger partial charge in [0.05, 0.1) is 0 Å². The third-order valence-electron chi connectivity index (χ3n) is 3.31. The van der Waals surface area contributed by atoms with Crippen LogP contribution in [0, 0.1) is 11.7 Å². The number of piperidine rings is 1. The van der Waals surface area contributed by atoms with Gasteiger partial charge in [0, 0.05) is 25.0 Å². The summed E-state index contributed by atoms with van der Waals surface area (Å²) in [5.74, 6) is 0.180. The van der Waals surface area contributed by atoms with Gasteiger partial charge in [0.2, 0.25) is 5.91 Å². The number of H-pyrrole nitrogens is 1. The first kappa shape index (κ1) is 12.4. The van der Waals surface area contributed by atoms with Crippen molar-refractivity contribution in [3.8, 4) is 0 Å². The molecular weight excluding hydrogens is 234 g/mol. The number of amides is 1. The Labute approximate surface area is 107 Å². The van der Waals surface area contributed by atoms with Crippen molar-refractivity contribution in [2.75, 3.05) is 13.1 Å². The molecule has 1 amide bonds. The number of carbonyl (C=O) groups excluding carboxylic acids is 1. The van der Waals surface area contributed by atoms with E-state index in [0.29, 0.717) is 4.77 Å². The summed E-state index contributed by atoms with van der Waals surface area (Å²) in [6, 6.07) is -0.203. The fraction of sp³-hybridized carbons (Fsp3) is 0.667. The van der Waals surface area contributed by atoms with E-state index in [9.17, 15) is 4.79 Å². The van der Waals surface area contributed by atoms with Gasteiger partial charge in [-0.25, -0.2) is 0 Å². The molecule has 4 nitrogen and oxygen atoms in total. The maximum atomic E-state index is 12.3. The lowest BCUT2D eigenvalue weighted by molar-refractivity contribution is -0.135. The quantitative estimate of drug-likeness (QED) is 0.822. The van der Waals surface area contributed by atoms with Crippen LogP contribution in [-0.2, 0) is 4.79 Å². The normalized spacial score (nSPS) is 18.1. The smallest absolute Gasteiger partial charge is 0.245 e. The first-order valence-electron chi connectivity index (χ1n) is 6.16. The summed E-state index contributed by atoms with van der Waals surface area (Å²) < 4.78 is 2.47. The lowest BCUT2D eigenvalue weighted by atomic mass is 10.1. The molecule has 0 spiro atoms. The Morgan fingerprint density at radius 3 is 2.59 bits per heavy atom. The maximum absolute atomic E-state index is 12.3. The largest absolute Gasteiger partial charge is 0.341 e. The SMILES string of the molecule is Cc1cn(C(C)C(=O)N2CCCCC2)c(=S)[nH]1. The van der Waals surface area contributed by atoms with Crippen LogP contribution in [0.15, 0.2) is 6.20 Å². The first-order chi connectivity index (χ1) is 8.09. The molecule has 1 fully saturated rings. The molecule has 0 radical (unpaired) electrons. The molecule has 0 bridgehead atoms. The maximum Gasteiger partial charge on any atom is 0.245 e. The minimum Gasteiger partial charge on any atom is -0.341 e. The zero-order valence-corrected chi connectivity index (χ0v) is 11.2. The minimum absolute atomic E-state index is 0.180. The van der Waals surface area contributed by atoms with Crippen molar-refractivity contribution < 1.29 is 4.79 Å². The van der Waals surface area contributed by atoms with Gasteiger partial charge in [-0.2, -0.15) is 0 Å². The zero-order chi connectivity index (χ0) is 12.4. The molecule has 1 aromatic heterocycles. The number of likely N-dealkylation sites (tertiary alicyclic amines) is 1. The van der Waals surface area contributed by atoms with Crippen molar-refractivity contribution in [1.82, 2.24) is 14.5 Å². The van der Waals surface area contributed by atoms with Crippen LogP contribution in [0.2, 0.25) is 0 Å². The summed E-state index contributed by atoms with van der Waals surface area (Å²) in [5.41, 5.74) is 0.994. The molecular formula is C12H19N3OS. The second-order valence-electron chi connectivity index (χ2n) is 4.71. The summed E-state index contributed by atoms with van der Waals surface area (Å²) in [4.78, 5) is 17.3. The van der Waals surface area contributed by atoms with E-state index in [4.69, 9.17) is 12.2 Å². The average molecular weight is 253 g/mol. The summed E-state index contributed by atoms with van der Waals surface area (Å²) in [5, 5.41) is 0. The van der Waals surface area contributed by atoms with Crippen LogP contribution in [0.4, 0.5) is 0 Å². The molecule has 1 atom stereocenters. The lowest BCUT2D eigenvalue weighted by Crippen LogP contribution is -2.39. The van der Waals surface area contributed by atoms with Crippen LogP contribution in [0.25, 0.3) is 0 Å². The standard InChI is InChI=1S/C12H19N3OS/c1-9-8-15(12(17)13-9)10(2)11(16)14-6-4-3-5-7-14/h8,10H,3-7H2,1-2H3,(H,13,17). The Morgan fingerprint density at radius 2 is 2.06 bits per heavy atom. The van der Waals surface area contributed by atoms with Gasteiger partial charge in [-0.1, -0.05) is 0 Å². The molecule has 2 heterocycles. The Balaban J connectivity index is 2.13. The number of nitrogens with zero attached hydrogens (tertiary/aromatic N) is 2. The Bertz CT molecular complexity index is 457. The highest BCUT2D eigenvalue weighted by molar-refractivity contribution is 7.71. The number of hydrogen-bond donors (Lipinski definition) is 1. The molecule has 5 heteroatoms. The Morgan fingerprint density at radius 1 is 1.41 bits per heavy atom. The van der Waals surface area contributed by atoms with Crippen LogP contribution in [-0.4, -0.2) is 33.4 Å². The summed E-state index contributed by atoms with van der Waals surface area (Å²) in [6.07, 6.45) is 5.39. The molecule has 1 aliphatic rings. The van der Waals surface area contributed by atoms with Gasteiger partial charge in [0.25, 0.3) is 0 Å². The molecule has 1 aromatic rings. The number of imidazole rings is 1. The van der Waals surface area contributed by atoms with E-state index >= 15 is 0 Å². The van der Waals surface area contributed by atoms with Gasteiger partial charge in [0.1, 0.15) is 6.04 Å². The van der Waals surface area contributed by atoms with Gasteiger partial charge in [-0.3, -0.25) is 4.79 Å². The fourth-order valence-corrected chi connectivity index (χ4v) is 2.69.